The van der Waals surface area contributed by atoms with Gasteiger partial charge in [0.05, 0.1) is 6.61 Å². The third-order valence-corrected chi connectivity index (χ3v) is 1.46. The van der Waals surface area contributed by atoms with E-state index in [-0.39, 0.29) is 6.61 Å². The van der Waals surface area contributed by atoms with Gasteiger partial charge in [-0.05, 0) is 20.8 Å². The second-order valence-corrected chi connectivity index (χ2v) is 2.49. The van der Waals surface area contributed by atoms with Crippen LogP contribution in [0.1, 0.15) is 20.8 Å². The molecule has 0 aliphatic carbocycles. The first-order valence-corrected chi connectivity index (χ1v) is 3.85. The van der Waals surface area contributed by atoms with Crippen molar-refractivity contribution in [3.63, 3.8) is 0 Å². The normalized spacial score (nSPS) is 15.0. The molecular weight excluding hydrogens is 163 g/mol. The van der Waals surface area contributed by atoms with E-state index in [1.807, 2.05) is 0 Å². The van der Waals surface area contributed by atoms with Crippen LogP contribution in [0.3, 0.4) is 0 Å². The van der Waals surface area contributed by atoms with E-state index in [1.165, 1.54) is 6.92 Å². The summed E-state index contributed by atoms with van der Waals surface area (Å²) in [5.74, 6) is -2.38. The zero-order valence-corrected chi connectivity index (χ0v) is 7.46. The topological polar surface area (TPSA) is 43.4 Å². The molecule has 12 heavy (non-hydrogen) atoms. The molecule has 0 radical (unpaired) electrons. The third kappa shape index (κ3) is 2.98. The molecule has 0 rings (SSSR count). The molecule has 0 aliphatic heterocycles. The Bertz CT molecular complexity index is 177. The predicted octanol–water partition coefficient (Wildman–Crippen LogP) is 1.11. The minimum atomic E-state index is -1.61. The molecular formula is C8H13FO3. The van der Waals surface area contributed by atoms with Crippen molar-refractivity contribution in [1.29, 1.82) is 0 Å². The Labute approximate surface area is 70.9 Å². The number of carbonyl (C=O) groups excluding carboxylic acids is 2. The Hall–Kier alpha value is -0.930. The zero-order valence-electron chi connectivity index (χ0n) is 7.46. The van der Waals surface area contributed by atoms with Crippen molar-refractivity contribution in [3.05, 3.63) is 0 Å². The van der Waals surface area contributed by atoms with E-state index in [0.29, 0.717) is 0 Å². The number of hydrogen-bond acceptors (Lipinski definition) is 3. The van der Waals surface area contributed by atoms with Gasteiger partial charge >= 0.3 is 5.97 Å². The van der Waals surface area contributed by atoms with Gasteiger partial charge in [-0.3, -0.25) is 9.59 Å². The molecule has 0 spiro atoms. The quantitative estimate of drug-likeness (QED) is 0.476. The molecule has 2 unspecified atom stereocenters. The lowest BCUT2D eigenvalue weighted by molar-refractivity contribution is -0.151. The van der Waals surface area contributed by atoms with Crippen molar-refractivity contribution in [2.24, 2.45) is 5.92 Å². The average Bonchev–Trinajstić information content (AvgIpc) is 2.02. The molecule has 70 valence electrons. The lowest BCUT2D eigenvalue weighted by Gasteiger charge is -2.09. The molecule has 3 nitrogen and oxygen atoms in total. The van der Waals surface area contributed by atoms with Gasteiger partial charge in [-0.25, -0.2) is 4.39 Å². The third-order valence-electron chi connectivity index (χ3n) is 1.46. The van der Waals surface area contributed by atoms with Crippen LogP contribution < -0.4 is 0 Å². The number of Topliss-reactive ketones (excluding diaryl/α,β-unsaturated/α-hetero) is 1. The number of esters is 1. The van der Waals surface area contributed by atoms with Gasteiger partial charge in [0.15, 0.2) is 12.0 Å². The maximum absolute atomic E-state index is 12.4. The fourth-order valence-electron chi connectivity index (χ4n) is 0.728. The second kappa shape index (κ2) is 4.85. The van der Waals surface area contributed by atoms with Gasteiger partial charge in [-0.2, -0.15) is 0 Å². The summed E-state index contributed by atoms with van der Waals surface area (Å²) in [7, 11) is 0. The molecule has 0 aromatic carbocycles. The Morgan fingerprint density at radius 1 is 1.42 bits per heavy atom. The minimum Gasteiger partial charge on any atom is -0.465 e. The summed E-state index contributed by atoms with van der Waals surface area (Å²) >= 11 is 0. The Kier molecular flexibility index (Phi) is 4.47. The summed E-state index contributed by atoms with van der Waals surface area (Å²) < 4.78 is 16.9. The van der Waals surface area contributed by atoms with Crippen LogP contribution in [0.15, 0.2) is 0 Å². The van der Waals surface area contributed by atoms with E-state index in [0.717, 1.165) is 6.92 Å². The largest absolute Gasteiger partial charge is 0.465 e. The Balaban J connectivity index is 4.10. The van der Waals surface area contributed by atoms with Crippen LogP contribution in [-0.2, 0) is 14.3 Å². The van der Waals surface area contributed by atoms with Gasteiger partial charge in [0, 0.05) is 0 Å². The van der Waals surface area contributed by atoms with Crippen molar-refractivity contribution in [2.45, 2.75) is 26.9 Å². The first-order valence-electron chi connectivity index (χ1n) is 3.85. The van der Waals surface area contributed by atoms with Crippen LogP contribution in [0.4, 0.5) is 4.39 Å². The van der Waals surface area contributed by atoms with Crippen molar-refractivity contribution in [2.75, 3.05) is 6.61 Å². The van der Waals surface area contributed by atoms with Crippen molar-refractivity contribution in [1.82, 2.24) is 0 Å². The molecule has 2 atom stereocenters. The van der Waals surface area contributed by atoms with Crippen LogP contribution in [0.5, 0.6) is 0 Å². The van der Waals surface area contributed by atoms with E-state index in [1.54, 1.807) is 6.92 Å². The number of alkyl halides is 1. The number of hydrogen-bond donors (Lipinski definition) is 0. The Morgan fingerprint density at radius 2 is 1.92 bits per heavy atom. The standard InChI is InChI=1S/C8H13FO3/c1-4-12-8(11)5(2)7(10)6(3)9/h5-6H,4H2,1-3H3. The van der Waals surface area contributed by atoms with Crippen molar-refractivity contribution >= 4 is 11.8 Å². The lowest BCUT2D eigenvalue weighted by Crippen LogP contribution is -2.28. The van der Waals surface area contributed by atoms with Crippen molar-refractivity contribution < 1.29 is 18.7 Å². The average molecular weight is 176 g/mol. The molecule has 0 aromatic rings. The highest BCUT2D eigenvalue weighted by Crippen LogP contribution is 2.05. The van der Waals surface area contributed by atoms with E-state index >= 15 is 0 Å². The summed E-state index contributed by atoms with van der Waals surface area (Å²) in [5.41, 5.74) is 0. The fourth-order valence-corrected chi connectivity index (χ4v) is 0.728. The lowest BCUT2D eigenvalue weighted by atomic mass is 10.0. The summed E-state index contributed by atoms with van der Waals surface area (Å²) in [6.07, 6.45) is -1.61. The molecule has 0 amide bonds. The smallest absolute Gasteiger partial charge is 0.316 e. The SMILES string of the molecule is CCOC(=O)C(C)C(=O)C(C)F. The van der Waals surface area contributed by atoms with Gasteiger partial charge in [0.25, 0.3) is 0 Å². The van der Waals surface area contributed by atoms with Crippen LogP contribution in [0.2, 0.25) is 0 Å². The number of rotatable bonds is 4. The maximum Gasteiger partial charge on any atom is 0.316 e. The fraction of sp³-hybridized carbons (Fsp3) is 0.750. The summed E-state index contributed by atoms with van der Waals surface area (Å²) in [4.78, 5) is 21.8. The molecule has 0 aliphatic rings. The van der Waals surface area contributed by atoms with Crippen LogP contribution in [0.25, 0.3) is 0 Å². The number of halogens is 1. The molecule has 0 N–H and O–H groups in total. The molecule has 4 heteroatoms. The number of ketones is 1. The predicted molar refractivity (Wildman–Crippen MR) is 41.4 cm³/mol. The highest BCUT2D eigenvalue weighted by molar-refractivity contribution is 6.00. The molecule has 0 heterocycles. The van der Waals surface area contributed by atoms with Gasteiger partial charge in [-0.1, -0.05) is 0 Å². The first kappa shape index (κ1) is 11.1. The molecule has 0 fully saturated rings. The van der Waals surface area contributed by atoms with Crippen molar-refractivity contribution in [3.8, 4) is 0 Å². The van der Waals surface area contributed by atoms with Crippen LogP contribution in [-0.4, -0.2) is 24.5 Å². The summed E-state index contributed by atoms with van der Waals surface area (Å²) in [6, 6.07) is 0. The molecule has 0 bridgehead atoms. The van der Waals surface area contributed by atoms with E-state index in [2.05, 4.69) is 4.74 Å². The molecule has 0 saturated carbocycles. The summed E-state index contributed by atoms with van der Waals surface area (Å²) in [6.45, 7) is 4.29. The zero-order chi connectivity index (χ0) is 9.72. The van der Waals surface area contributed by atoms with E-state index < -0.39 is 23.8 Å². The Morgan fingerprint density at radius 3 is 2.25 bits per heavy atom. The van der Waals surface area contributed by atoms with E-state index in [4.69, 9.17) is 0 Å². The van der Waals surface area contributed by atoms with E-state index in [9.17, 15) is 14.0 Å². The number of ether oxygens (including phenoxy) is 1. The van der Waals surface area contributed by atoms with Crippen LogP contribution >= 0.6 is 0 Å². The second-order valence-electron chi connectivity index (χ2n) is 2.49. The highest BCUT2D eigenvalue weighted by Gasteiger charge is 2.26. The molecule has 0 aromatic heterocycles. The highest BCUT2D eigenvalue weighted by atomic mass is 19.1. The maximum atomic E-state index is 12.4. The minimum absolute atomic E-state index is 0.205. The first-order chi connectivity index (χ1) is 5.50. The van der Waals surface area contributed by atoms with Gasteiger partial charge in [-0.15, -0.1) is 0 Å². The van der Waals surface area contributed by atoms with Gasteiger partial charge in [0.1, 0.15) is 5.92 Å². The van der Waals surface area contributed by atoms with Gasteiger partial charge < -0.3 is 4.74 Å². The summed E-state index contributed by atoms with van der Waals surface area (Å²) in [5, 5.41) is 0. The van der Waals surface area contributed by atoms with Crippen LogP contribution in [0, 0.1) is 5.92 Å². The van der Waals surface area contributed by atoms with Gasteiger partial charge in [0.2, 0.25) is 0 Å². The molecule has 0 saturated heterocycles. The number of carbonyl (C=O) groups is 2. The monoisotopic (exact) mass is 176 g/mol.